The first-order chi connectivity index (χ1) is 10.5. The number of rotatable bonds is 2. The van der Waals surface area contributed by atoms with Crippen molar-refractivity contribution in [2.75, 3.05) is 11.1 Å². The number of amides is 1. The molecule has 3 N–H and O–H groups in total. The molecule has 0 bridgehead atoms. The molecule has 0 aliphatic heterocycles. The van der Waals surface area contributed by atoms with Gasteiger partial charge >= 0.3 is 0 Å². The number of anilines is 2. The van der Waals surface area contributed by atoms with Gasteiger partial charge in [0.2, 0.25) is 0 Å². The van der Waals surface area contributed by atoms with Crippen LogP contribution in [0.15, 0.2) is 49.8 Å². The highest BCUT2D eigenvalue weighted by atomic mass is 79.9. The fourth-order valence-corrected chi connectivity index (χ4v) is 3.27. The number of hydrogen-bond donors (Lipinski definition) is 2. The van der Waals surface area contributed by atoms with Crippen LogP contribution < -0.4 is 11.1 Å². The monoisotopic (exact) mass is 422 g/mol. The van der Waals surface area contributed by atoms with Crippen LogP contribution in [0, 0.1) is 6.92 Å². The molecule has 112 valence electrons. The Balaban J connectivity index is 1.94. The third-order valence-electron chi connectivity index (χ3n) is 3.40. The second-order valence-electron chi connectivity index (χ2n) is 4.86. The van der Waals surface area contributed by atoms with E-state index in [4.69, 9.17) is 10.2 Å². The Morgan fingerprint density at radius 2 is 1.95 bits per heavy atom. The summed E-state index contributed by atoms with van der Waals surface area (Å²) in [5.74, 6) is -0.0347. The molecular formula is C16H12Br2N2O2. The van der Waals surface area contributed by atoms with Crippen LogP contribution in [0.2, 0.25) is 0 Å². The quantitative estimate of drug-likeness (QED) is 0.563. The summed E-state index contributed by atoms with van der Waals surface area (Å²) in [6.07, 6.45) is 0. The number of para-hydroxylation sites is 1. The van der Waals surface area contributed by atoms with E-state index in [1.54, 1.807) is 12.1 Å². The Bertz CT molecular complexity index is 854. The number of hydrogen-bond acceptors (Lipinski definition) is 3. The second-order valence-corrected chi connectivity index (χ2v) is 6.51. The number of benzene rings is 2. The molecule has 6 heteroatoms. The molecule has 0 radical (unpaired) electrons. The number of carbonyl (C=O) groups excluding carboxylic acids is 1. The van der Waals surface area contributed by atoms with Gasteiger partial charge in [0.25, 0.3) is 5.91 Å². The highest BCUT2D eigenvalue weighted by Gasteiger charge is 2.16. The van der Waals surface area contributed by atoms with E-state index in [1.807, 2.05) is 31.2 Å². The smallest absolute Gasteiger partial charge is 0.291 e. The summed E-state index contributed by atoms with van der Waals surface area (Å²) >= 11 is 6.80. The van der Waals surface area contributed by atoms with Crippen LogP contribution in [0.4, 0.5) is 11.4 Å². The third kappa shape index (κ3) is 2.64. The normalized spacial score (nSPS) is 10.9. The van der Waals surface area contributed by atoms with Gasteiger partial charge in [0.1, 0.15) is 5.58 Å². The molecule has 2 aromatic carbocycles. The van der Waals surface area contributed by atoms with Crippen molar-refractivity contribution in [3.05, 3.63) is 56.7 Å². The van der Waals surface area contributed by atoms with E-state index in [0.29, 0.717) is 21.4 Å². The van der Waals surface area contributed by atoms with Gasteiger partial charge in [-0.25, -0.2) is 0 Å². The van der Waals surface area contributed by atoms with Crippen LogP contribution in [0.1, 0.15) is 16.1 Å². The fourth-order valence-electron chi connectivity index (χ4n) is 2.15. The maximum absolute atomic E-state index is 12.4. The zero-order valence-corrected chi connectivity index (χ0v) is 14.8. The minimum atomic E-state index is -0.303. The van der Waals surface area contributed by atoms with Crippen molar-refractivity contribution in [2.45, 2.75) is 6.92 Å². The van der Waals surface area contributed by atoms with Gasteiger partial charge in [-0.1, -0.05) is 18.2 Å². The summed E-state index contributed by atoms with van der Waals surface area (Å²) in [4.78, 5) is 12.4. The second kappa shape index (κ2) is 5.78. The van der Waals surface area contributed by atoms with Crippen LogP contribution in [-0.4, -0.2) is 5.91 Å². The zero-order valence-electron chi connectivity index (χ0n) is 11.6. The first-order valence-corrected chi connectivity index (χ1v) is 8.10. The summed E-state index contributed by atoms with van der Waals surface area (Å²) in [5.41, 5.74) is 8.72. The van der Waals surface area contributed by atoms with Crippen LogP contribution >= 0.6 is 31.9 Å². The molecule has 1 amide bonds. The summed E-state index contributed by atoms with van der Waals surface area (Å²) in [6.45, 7) is 1.88. The molecular weight excluding hydrogens is 412 g/mol. The highest BCUT2D eigenvalue weighted by molar-refractivity contribution is 9.11. The number of furan rings is 1. The van der Waals surface area contributed by atoms with E-state index in [2.05, 4.69) is 37.2 Å². The van der Waals surface area contributed by atoms with Gasteiger partial charge in [0.05, 0.1) is 5.69 Å². The van der Waals surface area contributed by atoms with Crippen molar-refractivity contribution in [3.8, 4) is 0 Å². The Kier molecular flexibility index (Phi) is 3.97. The minimum Gasteiger partial charge on any atom is -0.451 e. The van der Waals surface area contributed by atoms with E-state index in [-0.39, 0.29) is 11.7 Å². The molecule has 1 heterocycles. The molecule has 0 atom stereocenters. The van der Waals surface area contributed by atoms with E-state index < -0.39 is 0 Å². The minimum absolute atomic E-state index is 0.268. The molecule has 0 aliphatic rings. The molecule has 3 rings (SSSR count). The Hall–Kier alpha value is -1.79. The van der Waals surface area contributed by atoms with E-state index in [0.717, 1.165) is 15.4 Å². The number of nitrogens with two attached hydrogens (primary N) is 1. The topological polar surface area (TPSA) is 68.3 Å². The van der Waals surface area contributed by atoms with Gasteiger partial charge in [0, 0.05) is 20.0 Å². The van der Waals surface area contributed by atoms with Gasteiger partial charge in [-0.05, 0) is 62.5 Å². The molecule has 0 spiro atoms. The van der Waals surface area contributed by atoms with Crippen molar-refractivity contribution in [1.29, 1.82) is 0 Å². The first kappa shape index (κ1) is 15.1. The highest BCUT2D eigenvalue weighted by Crippen LogP contribution is 2.36. The molecule has 1 aromatic heterocycles. The molecule has 0 saturated carbocycles. The molecule has 4 nitrogen and oxygen atoms in total. The number of nitrogens with one attached hydrogen (secondary N) is 1. The molecule has 22 heavy (non-hydrogen) atoms. The number of halogens is 2. The Labute approximate surface area is 143 Å². The van der Waals surface area contributed by atoms with Crippen molar-refractivity contribution in [3.63, 3.8) is 0 Å². The van der Waals surface area contributed by atoms with Gasteiger partial charge in [-0.3, -0.25) is 4.79 Å². The molecule has 0 saturated heterocycles. The zero-order chi connectivity index (χ0) is 15.9. The molecule has 3 aromatic rings. The first-order valence-electron chi connectivity index (χ1n) is 6.51. The standard InChI is InChI=1S/C16H12Br2N2O2/c1-8-11(7-10(17)15(19)14(8)18)20-16(21)13-6-9-4-2-3-5-12(9)22-13/h2-7H,19H2,1H3,(H,20,21). The lowest BCUT2D eigenvalue weighted by atomic mass is 10.1. The molecule has 0 aliphatic carbocycles. The van der Waals surface area contributed by atoms with Gasteiger partial charge < -0.3 is 15.5 Å². The van der Waals surface area contributed by atoms with Gasteiger partial charge in [-0.2, -0.15) is 0 Å². The summed E-state index contributed by atoms with van der Waals surface area (Å²) < 4.78 is 7.03. The lowest BCUT2D eigenvalue weighted by Crippen LogP contribution is -2.12. The lowest BCUT2D eigenvalue weighted by Gasteiger charge is -2.12. The van der Waals surface area contributed by atoms with E-state index in [9.17, 15) is 4.79 Å². The van der Waals surface area contributed by atoms with Gasteiger partial charge in [0.15, 0.2) is 5.76 Å². The maximum atomic E-state index is 12.4. The van der Waals surface area contributed by atoms with E-state index in [1.165, 1.54) is 0 Å². The lowest BCUT2D eigenvalue weighted by molar-refractivity contribution is 0.0998. The fraction of sp³-hybridized carbons (Fsp3) is 0.0625. The number of fused-ring (bicyclic) bond motifs is 1. The predicted octanol–water partition coefficient (Wildman–Crippen LogP) is 5.10. The number of carbonyl (C=O) groups is 1. The van der Waals surface area contributed by atoms with Crippen molar-refractivity contribution >= 4 is 60.1 Å². The Morgan fingerprint density at radius 3 is 2.68 bits per heavy atom. The largest absolute Gasteiger partial charge is 0.451 e. The predicted molar refractivity (Wildman–Crippen MR) is 95.2 cm³/mol. The van der Waals surface area contributed by atoms with Crippen molar-refractivity contribution in [2.24, 2.45) is 0 Å². The Morgan fingerprint density at radius 1 is 1.23 bits per heavy atom. The third-order valence-corrected chi connectivity index (χ3v) is 5.07. The summed E-state index contributed by atoms with van der Waals surface area (Å²) in [7, 11) is 0. The van der Waals surface area contributed by atoms with Crippen molar-refractivity contribution < 1.29 is 9.21 Å². The number of nitrogen functional groups attached to an aromatic ring is 1. The summed E-state index contributed by atoms with van der Waals surface area (Å²) in [5, 5.41) is 3.74. The molecule has 0 unspecified atom stereocenters. The maximum Gasteiger partial charge on any atom is 0.291 e. The van der Waals surface area contributed by atoms with Gasteiger partial charge in [-0.15, -0.1) is 0 Å². The van der Waals surface area contributed by atoms with Crippen LogP contribution in [-0.2, 0) is 0 Å². The SMILES string of the molecule is Cc1c(NC(=O)c2cc3ccccc3o2)cc(Br)c(N)c1Br. The summed E-state index contributed by atoms with van der Waals surface area (Å²) in [6, 6.07) is 11.0. The average molecular weight is 424 g/mol. The van der Waals surface area contributed by atoms with Crippen LogP contribution in [0.25, 0.3) is 11.0 Å². The average Bonchev–Trinajstić information content (AvgIpc) is 2.94. The van der Waals surface area contributed by atoms with Crippen LogP contribution in [0.5, 0.6) is 0 Å². The van der Waals surface area contributed by atoms with Crippen molar-refractivity contribution in [1.82, 2.24) is 0 Å². The van der Waals surface area contributed by atoms with Crippen LogP contribution in [0.3, 0.4) is 0 Å². The molecule has 0 fully saturated rings. The van der Waals surface area contributed by atoms with E-state index >= 15 is 0 Å².